The van der Waals surface area contributed by atoms with Gasteiger partial charge in [0.2, 0.25) is 11.8 Å². The van der Waals surface area contributed by atoms with Gasteiger partial charge in [-0.15, -0.1) is 0 Å². The number of hydrogen-bond acceptors (Lipinski definition) is 2. The van der Waals surface area contributed by atoms with Gasteiger partial charge in [-0.05, 0) is 73.8 Å². The molecule has 0 radical (unpaired) electrons. The molecule has 4 aliphatic carbocycles. The molecular weight excluding hydrogens is 396 g/mol. The predicted molar refractivity (Wildman–Crippen MR) is 126 cm³/mol. The fourth-order valence-electron chi connectivity index (χ4n) is 7.05. The summed E-state index contributed by atoms with van der Waals surface area (Å²) in [4.78, 5) is 25.6. The van der Waals surface area contributed by atoms with Gasteiger partial charge in [-0.1, -0.05) is 60.7 Å². The smallest absolute Gasteiger partial charge is 0.239 e. The van der Waals surface area contributed by atoms with Crippen molar-refractivity contribution in [3.05, 3.63) is 71.8 Å². The third kappa shape index (κ3) is 4.46. The molecule has 4 bridgehead atoms. The number of hydrogen-bond donors (Lipinski definition) is 2. The van der Waals surface area contributed by atoms with Gasteiger partial charge in [-0.2, -0.15) is 0 Å². The van der Waals surface area contributed by atoms with Gasteiger partial charge in [-0.3, -0.25) is 9.59 Å². The van der Waals surface area contributed by atoms with E-state index in [1.165, 1.54) is 30.4 Å². The van der Waals surface area contributed by atoms with Crippen LogP contribution < -0.4 is 10.6 Å². The highest BCUT2D eigenvalue weighted by atomic mass is 16.2. The quantitative estimate of drug-likeness (QED) is 0.640. The zero-order valence-corrected chi connectivity index (χ0v) is 18.8. The Kier molecular flexibility index (Phi) is 6.03. The second-order valence-electron chi connectivity index (χ2n) is 10.4. The van der Waals surface area contributed by atoms with Crippen molar-refractivity contribution in [2.75, 3.05) is 13.1 Å². The Morgan fingerprint density at radius 1 is 0.781 bits per heavy atom. The van der Waals surface area contributed by atoms with Crippen molar-refractivity contribution in [3.63, 3.8) is 0 Å². The molecule has 0 unspecified atom stereocenters. The van der Waals surface area contributed by atoms with Crippen molar-refractivity contribution < 1.29 is 9.59 Å². The molecule has 4 heteroatoms. The van der Waals surface area contributed by atoms with Crippen LogP contribution in [0.25, 0.3) is 0 Å². The first kappa shape index (κ1) is 21.2. The van der Waals surface area contributed by atoms with Crippen LogP contribution in [0.3, 0.4) is 0 Å². The van der Waals surface area contributed by atoms with Crippen LogP contribution in [0.2, 0.25) is 0 Å². The molecule has 0 atom stereocenters. The van der Waals surface area contributed by atoms with Crippen molar-refractivity contribution in [2.45, 2.75) is 50.9 Å². The molecule has 0 heterocycles. The summed E-state index contributed by atoms with van der Waals surface area (Å²) in [6.45, 7) is 0.669. The van der Waals surface area contributed by atoms with E-state index in [1.807, 2.05) is 12.1 Å². The minimum absolute atomic E-state index is 0.0852. The lowest BCUT2D eigenvalue weighted by atomic mass is 9.49. The molecule has 0 spiro atoms. The topological polar surface area (TPSA) is 58.2 Å². The van der Waals surface area contributed by atoms with Crippen LogP contribution in [-0.4, -0.2) is 24.9 Å². The average molecular weight is 431 g/mol. The number of carbonyl (C=O) groups is 2. The van der Waals surface area contributed by atoms with Crippen molar-refractivity contribution in [1.29, 1.82) is 0 Å². The first-order valence-electron chi connectivity index (χ1n) is 12.3. The summed E-state index contributed by atoms with van der Waals surface area (Å²) in [5.74, 6) is 2.46. The lowest BCUT2D eigenvalue weighted by molar-refractivity contribution is -0.147. The van der Waals surface area contributed by atoms with E-state index < -0.39 is 0 Å². The summed E-state index contributed by atoms with van der Waals surface area (Å²) < 4.78 is 0. The van der Waals surface area contributed by atoms with Crippen LogP contribution >= 0.6 is 0 Å². The van der Waals surface area contributed by atoms with Crippen LogP contribution in [0.15, 0.2) is 60.7 Å². The van der Waals surface area contributed by atoms with E-state index in [-0.39, 0.29) is 29.7 Å². The van der Waals surface area contributed by atoms with E-state index in [0.29, 0.717) is 6.54 Å². The Labute approximate surface area is 191 Å². The Balaban J connectivity index is 1.13. The second-order valence-corrected chi connectivity index (χ2v) is 10.4. The Hall–Kier alpha value is -2.62. The maximum absolute atomic E-state index is 13.1. The zero-order valence-electron chi connectivity index (χ0n) is 18.8. The Bertz CT molecular complexity index is 866. The zero-order chi connectivity index (χ0) is 22.0. The van der Waals surface area contributed by atoms with Gasteiger partial charge in [-0.25, -0.2) is 0 Å². The number of nitrogens with one attached hydrogen (secondary N) is 2. The average Bonchev–Trinajstić information content (AvgIpc) is 2.80. The lowest BCUT2D eigenvalue weighted by Gasteiger charge is -2.55. The minimum Gasteiger partial charge on any atom is -0.355 e. The number of rotatable bonds is 8. The summed E-state index contributed by atoms with van der Waals surface area (Å²) in [5, 5.41) is 6.02. The molecule has 2 aromatic carbocycles. The summed E-state index contributed by atoms with van der Waals surface area (Å²) in [5.41, 5.74) is 2.31. The largest absolute Gasteiger partial charge is 0.355 e. The fourth-order valence-corrected chi connectivity index (χ4v) is 7.05. The van der Waals surface area contributed by atoms with E-state index in [1.54, 1.807) is 0 Å². The summed E-state index contributed by atoms with van der Waals surface area (Å²) in [6.07, 6.45) is 7.86. The molecule has 2 aromatic rings. The van der Waals surface area contributed by atoms with Crippen molar-refractivity contribution in [2.24, 2.45) is 23.2 Å². The number of benzene rings is 2. The summed E-state index contributed by atoms with van der Waals surface area (Å²) in [7, 11) is 0. The molecule has 0 aliphatic heterocycles. The monoisotopic (exact) mass is 430 g/mol. The van der Waals surface area contributed by atoms with Gasteiger partial charge < -0.3 is 10.6 Å². The van der Waals surface area contributed by atoms with Crippen molar-refractivity contribution >= 4 is 11.8 Å². The predicted octanol–water partition coefficient (Wildman–Crippen LogP) is 4.66. The van der Waals surface area contributed by atoms with Gasteiger partial charge in [0.25, 0.3) is 0 Å². The summed E-state index contributed by atoms with van der Waals surface area (Å²) in [6, 6.07) is 20.9. The Morgan fingerprint density at radius 2 is 1.28 bits per heavy atom. The standard InChI is InChI=1S/C28H34N2O2/c31-26(19-30-27(32)28-16-20-13-21(17-28)15-22(14-20)18-28)29-12-11-25(23-7-3-1-4-8-23)24-9-5-2-6-10-24/h1-10,20-22,25H,11-19H2,(H,29,31)(H,30,32). The number of carbonyl (C=O) groups excluding carboxylic acids is 2. The van der Waals surface area contributed by atoms with E-state index >= 15 is 0 Å². The van der Waals surface area contributed by atoms with E-state index in [4.69, 9.17) is 0 Å². The highest BCUT2D eigenvalue weighted by Crippen LogP contribution is 2.60. The van der Waals surface area contributed by atoms with Crippen LogP contribution in [0.1, 0.15) is 62.0 Å². The third-order valence-corrected chi connectivity index (χ3v) is 8.09. The van der Waals surface area contributed by atoms with Crippen molar-refractivity contribution in [3.8, 4) is 0 Å². The lowest BCUT2D eigenvalue weighted by Crippen LogP contribution is -2.54. The highest BCUT2D eigenvalue weighted by molar-refractivity contribution is 5.88. The van der Waals surface area contributed by atoms with Gasteiger partial charge in [0.05, 0.1) is 6.54 Å². The minimum atomic E-state index is -0.194. The molecule has 4 nitrogen and oxygen atoms in total. The maximum atomic E-state index is 13.1. The maximum Gasteiger partial charge on any atom is 0.239 e. The fraction of sp³-hybridized carbons (Fsp3) is 0.500. The first-order valence-corrected chi connectivity index (χ1v) is 12.3. The molecular formula is C28H34N2O2. The van der Waals surface area contributed by atoms with Crippen LogP contribution in [0.5, 0.6) is 0 Å². The molecule has 2 N–H and O–H groups in total. The van der Waals surface area contributed by atoms with E-state index in [9.17, 15) is 9.59 Å². The Morgan fingerprint density at radius 3 is 1.78 bits per heavy atom. The van der Waals surface area contributed by atoms with Gasteiger partial charge in [0.1, 0.15) is 0 Å². The molecule has 0 aromatic heterocycles. The molecule has 2 amide bonds. The van der Waals surface area contributed by atoms with Gasteiger partial charge >= 0.3 is 0 Å². The third-order valence-electron chi connectivity index (χ3n) is 8.09. The van der Waals surface area contributed by atoms with Gasteiger partial charge in [0.15, 0.2) is 0 Å². The number of amides is 2. The molecule has 6 rings (SSSR count). The van der Waals surface area contributed by atoms with Crippen LogP contribution in [-0.2, 0) is 9.59 Å². The molecule has 0 saturated heterocycles. The first-order chi connectivity index (χ1) is 15.6. The molecule has 32 heavy (non-hydrogen) atoms. The highest BCUT2D eigenvalue weighted by Gasteiger charge is 2.54. The SMILES string of the molecule is O=C(CNC(=O)C12CC3CC(CC(C3)C1)C2)NCCC(c1ccccc1)c1ccccc1. The summed E-state index contributed by atoms with van der Waals surface area (Å²) >= 11 is 0. The van der Waals surface area contributed by atoms with E-state index in [2.05, 4.69) is 59.2 Å². The van der Waals surface area contributed by atoms with Crippen LogP contribution in [0.4, 0.5) is 0 Å². The van der Waals surface area contributed by atoms with Crippen molar-refractivity contribution in [1.82, 2.24) is 10.6 Å². The normalized spacial score (nSPS) is 28.0. The molecule has 4 saturated carbocycles. The molecule has 168 valence electrons. The van der Waals surface area contributed by atoms with Gasteiger partial charge in [0, 0.05) is 17.9 Å². The molecule has 4 aliphatic rings. The van der Waals surface area contributed by atoms with E-state index in [0.717, 1.165) is 43.4 Å². The van der Waals surface area contributed by atoms with Crippen LogP contribution in [0, 0.1) is 23.2 Å². The molecule has 4 fully saturated rings. The second kappa shape index (κ2) is 9.09.